The largest absolute Gasteiger partial charge is 0.573 e. The Kier molecular flexibility index (Phi) is 7.60. The van der Waals surface area contributed by atoms with Gasteiger partial charge in [0.2, 0.25) is 0 Å². The summed E-state index contributed by atoms with van der Waals surface area (Å²) >= 11 is 0. The molecular formula is C23H28F3N3O3. The number of benzene rings is 1. The van der Waals surface area contributed by atoms with Crippen molar-refractivity contribution in [2.45, 2.75) is 45.5 Å². The maximum absolute atomic E-state index is 12.8. The molecular weight excluding hydrogens is 423 g/mol. The first-order valence-electron chi connectivity index (χ1n) is 10.7. The number of aromatic nitrogens is 1. The van der Waals surface area contributed by atoms with Crippen LogP contribution in [0.25, 0.3) is 11.1 Å². The van der Waals surface area contributed by atoms with Gasteiger partial charge in [-0.05, 0) is 48.9 Å². The Morgan fingerprint density at radius 1 is 1.22 bits per heavy atom. The van der Waals surface area contributed by atoms with Gasteiger partial charge in [0.25, 0.3) is 5.91 Å². The van der Waals surface area contributed by atoms with E-state index in [1.165, 1.54) is 30.5 Å². The summed E-state index contributed by atoms with van der Waals surface area (Å²) in [7, 11) is 0. The van der Waals surface area contributed by atoms with E-state index < -0.39 is 6.36 Å². The number of amides is 1. The summed E-state index contributed by atoms with van der Waals surface area (Å²) in [4.78, 5) is 19.4. The number of anilines is 1. The molecule has 0 unspecified atom stereocenters. The molecule has 3 rings (SSSR count). The van der Waals surface area contributed by atoms with Gasteiger partial charge in [-0.1, -0.05) is 26.0 Å². The first-order chi connectivity index (χ1) is 15.2. The van der Waals surface area contributed by atoms with Crippen LogP contribution in [0.5, 0.6) is 5.75 Å². The van der Waals surface area contributed by atoms with Gasteiger partial charge in [0.05, 0.1) is 18.2 Å². The van der Waals surface area contributed by atoms with Crippen molar-refractivity contribution in [1.82, 2.24) is 10.3 Å². The number of carbonyl (C=O) groups is 1. The molecule has 1 fully saturated rings. The van der Waals surface area contributed by atoms with Crippen LogP contribution in [-0.4, -0.2) is 48.1 Å². The summed E-state index contributed by atoms with van der Waals surface area (Å²) in [6.07, 6.45) is -0.586. The average molecular weight is 451 g/mol. The molecule has 1 atom stereocenters. The molecule has 0 spiro atoms. The van der Waals surface area contributed by atoms with Gasteiger partial charge in [-0.25, -0.2) is 4.98 Å². The SMILES string of the molecule is CC(C)C[C@H](CO)NC(=O)c1cnc(N2CCCC2)c(-c2ccc(OC(F)(F)F)cc2)c1. The number of aliphatic hydroxyl groups is 1. The Hall–Kier alpha value is -2.81. The predicted octanol–water partition coefficient (Wildman–Crippen LogP) is 4.38. The maximum atomic E-state index is 12.8. The number of carbonyl (C=O) groups excluding carboxylic acids is 1. The molecule has 2 N–H and O–H groups in total. The van der Waals surface area contributed by atoms with Gasteiger partial charge in [0.1, 0.15) is 11.6 Å². The first kappa shape index (κ1) is 23.8. The van der Waals surface area contributed by atoms with Crippen LogP contribution in [-0.2, 0) is 0 Å². The minimum atomic E-state index is -4.76. The molecule has 1 aliphatic heterocycles. The van der Waals surface area contributed by atoms with E-state index in [1.54, 1.807) is 6.07 Å². The number of aliphatic hydroxyl groups excluding tert-OH is 1. The van der Waals surface area contributed by atoms with Crippen molar-refractivity contribution >= 4 is 11.7 Å². The summed E-state index contributed by atoms with van der Waals surface area (Å²) in [5.74, 6) is 0.314. The fourth-order valence-corrected chi connectivity index (χ4v) is 3.83. The zero-order valence-corrected chi connectivity index (χ0v) is 18.2. The van der Waals surface area contributed by atoms with E-state index in [1.807, 2.05) is 13.8 Å². The van der Waals surface area contributed by atoms with Crippen LogP contribution < -0.4 is 15.0 Å². The molecule has 9 heteroatoms. The fraction of sp³-hybridized carbons (Fsp3) is 0.478. The normalized spacial score (nSPS) is 15.2. The molecule has 1 aliphatic rings. The van der Waals surface area contributed by atoms with Crippen molar-refractivity contribution in [2.24, 2.45) is 5.92 Å². The molecule has 2 heterocycles. The lowest BCUT2D eigenvalue weighted by atomic mass is 10.0. The van der Waals surface area contributed by atoms with Gasteiger partial charge < -0.3 is 20.1 Å². The van der Waals surface area contributed by atoms with Crippen molar-refractivity contribution in [1.29, 1.82) is 0 Å². The molecule has 1 aromatic heterocycles. The predicted molar refractivity (Wildman–Crippen MR) is 116 cm³/mol. The highest BCUT2D eigenvalue weighted by Gasteiger charge is 2.31. The highest BCUT2D eigenvalue weighted by Crippen LogP contribution is 2.33. The van der Waals surface area contributed by atoms with Gasteiger partial charge >= 0.3 is 6.36 Å². The van der Waals surface area contributed by atoms with E-state index in [9.17, 15) is 23.1 Å². The molecule has 0 radical (unpaired) electrons. The molecule has 1 saturated heterocycles. The monoisotopic (exact) mass is 451 g/mol. The summed E-state index contributed by atoms with van der Waals surface area (Å²) in [6.45, 7) is 5.48. The quantitative estimate of drug-likeness (QED) is 0.623. The number of rotatable bonds is 8. The number of alkyl halides is 3. The third kappa shape index (κ3) is 6.35. The number of pyridine rings is 1. The van der Waals surface area contributed by atoms with E-state index in [4.69, 9.17) is 0 Å². The number of halogens is 3. The minimum absolute atomic E-state index is 0.170. The van der Waals surface area contributed by atoms with Crippen LogP contribution in [0, 0.1) is 5.92 Å². The second kappa shape index (κ2) is 10.2. The van der Waals surface area contributed by atoms with Gasteiger partial charge in [-0.2, -0.15) is 0 Å². The van der Waals surface area contributed by atoms with Crippen molar-refractivity contribution in [2.75, 3.05) is 24.6 Å². The van der Waals surface area contributed by atoms with Crippen LogP contribution in [0.4, 0.5) is 19.0 Å². The van der Waals surface area contributed by atoms with Gasteiger partial charge in [0, 0.05) is 24.8 Å². The minimum Gasteiger partial charge on any atom is -0.406 e. The van der Waals surface area contributed by atoms with Crippen molar-refractivity contribution in [3.8, 4) is 16.9 Å². The standard InChI is InChI=1S/C23H28F3N3O3/c1-15(2)11-18(14-30)28-22(31)17-12-20(21(27-13-17)29-9-3-4-10-29)16-5-7-19(8-6-16)32-23(24,25)26/h5-8,12-13,15,18,30H,3-4,9-11,14H2,1-2H3,(H,28,31)/t18-/m1/s1. The molecule has 6 nitrogen and oxygen atoms in total. The number of nitrogens with one attached hydrogen (secondary N) is 1. The molecule has 32 heavy (non-hydrogen) atoms. The highest BCUT2D eigenvalue weighted by atomic mass is 19.4. The Balaban J connectivity index is 1.91. The summed E-state index contributed by atoms with van der Waals surface area (Å²) in [5, 5.41) is 12.4. The average Bonchev–Trinajstić information content (AvgIpc) is 3.26. The van der Waals surface area contributed by atoms with Crippen LogP contribution in [0.1, 0.15) is 43.5 Å². The maximum Gasteiger partial charge on any atom is 0.573 e. The second-order valence-electron chi connectivity index (χ2n) is 8.34. The Morgan fingerprint density at radius 2 is 1.88 bits per heavy atom. The Bertz CT molecular complexity index is 911. The van der Waals surface area contributed by atoms with Crippen molar-refractivity contribution < 1.29 is 27.8 Å². The summed E-state index contributed by atoms with van der Waals surface area (Å²) in [5.41, 5.74) is 1.60. The number of ether oxygens (including phenoxy) is 1. The topological polar surface area (TPSA) is 74.7 Å². The zero-order chi connectivity index (χ0) is 23.3. The third-order valence-electron chi connectivity index (χ3n) is 5.24. The lowest BCUT2D eigenvalue weighted by Gasteiger charge is -2.22. The zero-order valence-electron chi connectivity index (χ0n) is 18.2. The first-order valence-corrected chi connectivity index (χ1v) is 10.7. The Morgan fingerprint density at radius 3 is 2.44 bits per heavy atom. The lowest BCUT2D eigenvalue weighted by Crippen LogP contribution is -2.38. The summed E-state index contributed by atoms with van der Waals surface area (Å²) < 4.78 is 41.4. The summed E-state index contributed by atoms with van der Waals surface area (Å²) in [6, 6.07) is 6.85. The number of hydrogen-bond acceptors (Lipinski definition) is 5. The highest BCUT2D eigenvalue weighted by molar-refractivity contribution is 5.96. The Labute approximate surface area is 185 Å². The van der Waals surface area contributed by atoms with Crippen LogP contribution in [0.15, 0.2) is 36.5 Å². The third-order valence-corrected chi connectivity index (χ3v) is 5.24. The van der Waals surface area contributed by atoms with Crippen LogP contribution in [0.3, 0.4) is 0 Å². The van der Waals surface area contributed by atoms with Gasteiger partial charge in [0.15, 0.2) is 0 Å². The lowest BCUT2D eigenvalue weighted by molar-refractivity contribution is -0.274. The smallest absolute Gasteiger partial charge is 0.406 e. The van der Waals surface area contributed by atoms with Gasteiger partial charge in [-0.3, -0.25) is 4.79 Å². The molecule has 0 bridgehead atoms. The number of nitrogens with zero attached hydrogens (tertiary/aromatic N) is 2. The van der Waals surface area contributed by atoms with Gasteiger partial charge in [-0.15, -0.1) is 13.2 Å². The molecule has 1 amide bonds. The molecule has 0 saturated carbocycles. The van der Waals surface area contributed by atoms with Crippen LogP contribution >= 0.6 is 0 Å². The van der Waals surface area contributed by atoms with E-state index in [-0.39, 0.29) is 24.3 Å². The van der Waals surface area contributed by atoms with E-state index in [0.29, 0.717) is 34.8 Å². The van der Waals surface area contributed by atoms with E-state index in [2.05, 4.69) is 19.9 Å². The van der Waals surface area contributed by atoms with E-state index in [0.717, 1.165) is 25.9 Å². The number of hydrogen-bond donors (Lipinski definition) is 2. The molecule has 0 aliphatic carbocycles. The van der Waals surface area contributed by atoms with Crippen molar-refractivity contribution in [3.05, 3.63) is 42.1 Å². The second-order valence-corrected chi connectivity index (χ2v) is 8.34. The van der Waals surface area contributed by atoms with E-state index >= 15 is 0 Å². The van der Waals surface area contributed by atoms with Crippen molar-refractivity contribution in [3.63, 3.8) is 0 Å². The molecule has 2 aromatic rings. The fourth-order valence-electron chi connectivity index (χ4n) is 3.83. The van der Waals surface area contributed by atoms with Crippen LogP contribution in [0.2, 0.25) is 0 Å². The molecule has 174 valence electrons. The molecule has 1 aromatic carbocycles.